The van der Waals surface area contributed by atoms with Gasteiger partial charge in [0.25, 0.3) is 0 Å². The molecule has 0 amide bonds. The second-order valence-corrected chi connectivity index (χ2v) is 7.61. The number of hydrogen-bond donors (Lipinski definition) is 1. The summed E-state index contributed by atoms with van der Waals surface area (Å²) in [6.07, 6.45) is 2.24. The summed E-state index contributed by atoms with van der Waals surface area (Å²) in [6, 6.07) is 8.47. The number of ketones is 1. The number of benzene rings is 1. The summed E-state index contributed by atoms with van der Waals surface area (Å²) in [5.74, 6) is 1.04. The molecule has 0 fully saturated rings. The highest BCUT2D eigenvalue weighted by Crippen LogP contribution is 2.36. The average molecular weight is 322 g/mol. The normalized spacial score (nSPS) is 18.9. The number of anilines is 2. The molecule has 5 nitrogen and oxygen atoms in total. The molecule has 24 heavy (non-hydrogen) atoms. The number of carbonyl (C=O) groups excluding carboxylic acids is 1. The molecule has 1 aromatic carbocycles. The van der Waals surface area contributed by atoms with Crippen LogP contribution in [0.25, 0.3) is 0 Å². The lowest BCUT2D eigenvalue weighted by molar-refractivity contribution is 0.0911. The molecule has 0 saturated heterocycles. The van der Waals surface area contributed by atoms with E-state index in [4.69, 9.17) is 10.7 Å². The Morgan fingerprint density at radius 2 is 1.88 bits per heavy atom. The Hall–Kier alpha value is -2.43. The summed E-state index contributed by atoms with van der Waals surface area (Å²) in [5, 5.41) is 0. The number of nitrogen functional groups attached to an aromatic ring is 1. The van der Waals surface area contributed by atoms with Gasteiger partial charge in [0.15, 0.2) is 5.78 Å². The summed E-state index contributed by atoms with van der Waals surface area (Å²) < 4.78 is 0. The molecule has 2 N–H and O–H groups in total. The number of nitrogens with two attached hydrogens (primary N) is 1. The molecule has 1 aromatic heterocycles. The standard InChI is InChI=1S/C19H22N4O/c1-19(2)9-14-16(15(24)10-19)17(20)22-18(21-14)23-8-7-12-5-3-4-6-13(12)11-23/h3-6H,7-11H2,1-2H3,(H2,20,21,22). The molecule has 2 aliphatic rings. The van der Waals surface area contributed by atoms with Crippen LogP contribution in [0.1, 0.15) is 47.4 Å². The maximum Gasteiger partial charge on any atom is 0.227 e. The summed E-state index contributed by atoms with van der Waals surface area (Å²) in [7, 11) is 0. The van der Waals surface area contributed by atoms with Gasteiger partial charge in [-0.25, -0.2) is 4.98 Å². The first-order valence-corrected chi connectivity index (χ1v) is 8.44. The monoisotopic (exact) mass is 322 g/mol. The highest BCUT2D eigenvalue weighted by atomic mass is 16.1. The van der Waals surface area contributed by atoms with Crippen LogP contribution in [-0.4, -0.2) is 22.3 Å². The summed E-state index contributed by atoms with van der Waals surface area (Å²) in [4.78, 5) is 23.7. The van der Waals surface area contributed by atoms with Crippen LogP contribution in [0, 0.1) is 5.41 Å². The van der Waals surface area contributed by atoms with Crippen molar-refractivity contribution in [2.75, 3.05) is 17.2 Å². The fourth-order valence-electron chi connectivity index (χ4n) is 3.79. The fourth-order valence-corrected chi connectivity index (χ4v) is 3.79. The molecule has 1 aliphatic carbocycles. The lowest BCUT2D eigenvalue weighted by atomic mass is 9.76. The predicted octanol–water partition coefficient (Wildman–Crippen LogP) is 2.78. The molecule has 124 valence electrons. The highest BCUT2D eigenvalue weighted by molar-refractivity contribution is 6.02. The van der Waals surface area contributed by atoms with Crippen molar-refractivity contribution >= 4 is 17.5 Å². The quantitative estimate of drug-likeness (QED) is 0.874. The lowest BCUT2D eigenvalue weighted by Crippen LogP contribution is -2.34. The Kier molecular flexibility index (Phi) is 3.34. The van der Waals surface area contributed by atoms with Gasteiger partial charge in [-0.05, 0) is 29.4 Å². The number of fused-ring (bicyclic) bond motifs is 2. The van der Waals surface area contributed by atoms with Crippen molar-refractivity contribution in [1.29, 1.82) is 0 Å². The number of rotatable bonds is 1. The van der Waals surface area contributed by atoms with Crippen LogP contribution in [-0.2, 0) is 19.4 Å². The van der Waals surface area contributed by atoms with Gasteiger partial charge in [-0.1, -0.05) is 38.1 Å². The molecule has 0 radical (unpaired) electrons. The minimum atomic E-state index is -0.0728. The molecule has 0 bridgehead atoms. The first kappa shape index (κ1) is 15.1. The molecule has 0 atom stereocenters. The van der Waals surface area contributed by atoms with E-state index in [1.807, 2.05) is 0 Å². The van der Waals surface area contributed by atoms with Gasteiger partial charge in [-0.2, -0.15) is 4.98 Å². The smallest absolute Gasteiger partial charge is 0.227 e. The third kappa shape index (κ3) is 2.54. The lowest BCUT2D eigenvalue weighted by Gasteiger charge is -2.32. The van der Waals surface area contributed by atoms with E-state index in [1.54, 1.807) is 0 Å². The maximum atomic E-state index is 12.4. The van der Waals surface area contributed by atoms with Crippen molar-refractivity contribution in [1.82, 2.24) is 9.97 Å². The Bertz CT molecular complexity index is 828. The third-order valence-electron chi connectivity index (χ3n) is 4.98. The van der Waals surface area contributed by atoms with Crippen molar-refractivity contribution in [2.24, 2.45) is 5.41 Å². The molecule has 2 aromatic rings. The highest BCUT2D eigenvalue weighted by Gasteiger charge is 2.34. The van der Waals surface area contributed by atoms with Crippen LogP contribution < -0.4 is 10.6 Å². The Morgan fingerprint density at radius 1 is 1.12 bits per heavy atom. The zero-order valence-electron chi connectivity index (χ0n) is 14.2. The topological polar surface area (TPSA) is 72.1 Å². The van der Waals surface area contributed by atoms with Crippen LogP contribution in [0.5, 0.6) is 0 Å². The second kappa shape index (κ2) is 5.30. The Labute approximate surface area is 141 Å². The molecule has 5 heteroatoms. The van der Waals surface area contributed by atoms with Crippen molar-refractivity contribution in [3.8, 4) is 0 Å². The van der Waals surface area contributed by atoms with E-state index in [1.165, 1.54) is 11.1 Å². The van der Waals surface area contributed by atoms with Gasteiger partial charge in [0.05, 0.1) is 11.3 Å². The van der Waals surface area contributed by atoms with E-state index in [0.717, 1.165) is 31.6 Å². The van der Waals surface area contributed by atoms with Crippen LogP contribution in [0.4, 0.5) is 11.8 Å². The zero-order chi connectivity index (χ0) is 16.9. The maximum absolute atomic E-state index is 12.4. The van der Waals surface area contributed by atoms with Crippen molar-refractivity contribution < 1.29 is 4.79 Å². The molecule has 0 unspecified atom stereocenters. The zero-order valence-corrected chi connectivity index (χ0v) is 14.2. The molecule has 0 spiro atoms. The molecule has 1 aliphatic heterocycles. The minimum absolute atomic E-state index is 0.0642. The van der Waals surface area contributed by atoms with Gasteiger partial charge in [-0.3, -0.25) is 4.79 Å². The van der Waals surface area contributed by atoms with E-state index in [2.05, 4.69) is 48.0 Å². The van der Waals surface area contributed by atoms with Crippen LogP contribution in [0.15, 0.2) is 24.3 Å². The molecular weight excluding hydrogens is 300 g/mol. The summed E-state index contributed by atoms with van der Waals surface area (Å²) in [5.41, 5.74) is 10.1. The molecular formula is C19H22N4O. The number of aromatic nitrogens is 2. The van der Waals surface area contributed by atoms with Crippen LogP contribution >= 0.6 is 0 Å². The van der Waals surface area contributed by atoms with Crippen LogP contribution in [0.2, 0.25) is 0 Å². The number of hydrogen-bond acceptors (Lipinski definition) is 5. The van der Waals surface area contributed by atoms with Gasteiger partial charge in [0, 0.05) is 19.5 Å². The second-order valence-electron chi connectivity index (χ2n) is 7.61. The van der Waals surface area contributed by atoms with Crippen LogP contribution in [0.3, 0.4) is 0 Å². The summed E-state index contributed by atoms with van der Waals surface area (Å²) >= 11 is 0. The third-order valence-corrected chi connectivity index (χ3v) is 4.98. The molecule has 2 heterocycles. The largest absolute Gasteiger partial charge is 0.383 e. The predicted molar refractivity (Wildman–Crippen MR) is 94.1 cm³/mol. The van der Waals surface area contributed by atoms with E-state index < -0.39 is 0 Å². The van der Waals surface area contributed by atoms with Gasteiger partial charge >= 0.3 is 0 Å². The van der Waals surface area contributed by atoms with E-state index in [9.17, 15) is 4.79 Å². The molecule has 4 rings (SSSR count). The van der Waals surface area contributed by atoms with Crippen molar-refractivity contribution in [3.05, 3.63) is 46.6 Å². The summed E-state index contributed by atoms with van der Waals surface area (Å²) in [6.45, 7) is 5.85. The van der Waals surface area contributed by atoms with E-state index in [0.29, 0.717) is 23.8 Å². The molecule has 0 saturated carbocycles. The SMILES string of the molecule is CC1(C)CC(=O)c2c(N)nc(N3CCc4ccccc4C3)nc2C1. The van der Waals surface area contributed by atoms with E-state index in [-0.39, 0.29) is 11.2 Å². The number of carbonyl (C=O) groups is 1. The van der Waals surface area contributed by atoms with Gasteiger partial charge < -0.3 is 10.6 Å². The van der Waals surface area contributed by atoms with Crippen molar-refractivity contribution in [2.45, 2.75) is 39.7 Å². The minimum Gasteiger partial charge on any atom is -0.383 e. The number of Topliss-reactive ketones (excluding diaryl/α,β-unsaturated/α-hetero) is 1. The van der Waals surface area contributed by atoms with Gasteiger partial charge in [-0.15, -0.1) is 0 Å². The average Bonchev–Trinajstić information content (AvgIpc) is 2.52. The fraction of sp³-hybridized carbons (Fsp3) is 0.421. The number of nitrogens with zero attached hydrogens (tertiary/aromatic N) is 3. The van der Waals surface area contributed by atoms with Gasteiger partial charge in [0.1, 0.15) is 5.82 Å². The van der Waals surface area contributed by atoms with E-state index >= 15 is 0 Å². The van der Waals surface area contributed by atoms with Crippen molar-refractivity contribution in [3.63, 3.8) is 0 Å². The Morgan fingerprint density at radius 3 is 2.67 bits per heavy atom. The first-order chi connectivity index (χ1) is 11.4. The Balaban J connectivity index is 1.71. The first-order valence-electron chi connectivity index (χ1n) is 8.44. The van der Waals surface area contributed by atoms with Gasteiger partial charge in [0.2, 0.25) is 5.95 Å².